The summed E-state index contributed by atoms with van der Waals surface area (Å²) in [7, 11) is 0. The van der Waals surface area contributed by atoms with Crippen molar-refractivity contribution in [3.8, 4) is 5.75 Å². The molecule has 0 aliphatic carbocycles. The van der Waals surface area contributed by atoms with Crippen molar-refractivity contribution < 1.29 is 9.53 Å². The second-order valence-corrected chi connectivity index (χ2v) is 5.90. The second kappa shape index (κ2) is 7.29. The van der Waals surface area contributed by atoms with E-state index in [1.807, 2.05) is 25.1 Å². The number of amides is 1. The molecule has 1 unspecified atom stereocenters. The third-order valence-electron chi connectivity index (χ3n) is 3.24. The molecule has 20 heavy (non-hydrogen) atoms. The lowest BCUT2D eigenvalue weighted by Gasteiger charge is -2.31. The standard InChI is InChI=1S/C16H26N2O2/c1-5-20-13-9-7-6-8-12(13)15(19)18-14(10-11-17)16(2,3)4/h6-9,14H,5,10-11,17H2,1-4H3,(H,18,19). The second-order valence-electron chi connectivity index (χ2n) is 5.90. The quantitative estimate of drug-likeness (QED) is 0.840. The summed E-state index contributed by atoms with van der Waals surface area (Å²) in [5, 5.41) is 3.07. The average molecular weight is 278 g/mol. The molecule has 1 rings (SSSR count). The van der Waals surface area contributed by atoms with Gasteiger partial charge in [-0.25, -0.2) is 0 Å². The third kappa shape index (κ3) is 4.53. The number of rotatable bonds is 6. The maximum absolute atomic E-state index is 12.4. The van der Waals surface area contributed by atoms with Crippen LogP contribution in [0.1, 0.15) is 44.5 Å². The van der Waals surface area contributed by atoms with Gasteiger partial charge in [-0.3, -0.25) is 4.79 Å². The Morgan fingerprint density at radius 3 is 2.55 bits per heavy atom. The molecule has 112 valence electrons. The van der Waals surface area contributed by atoms with Crippen LogP contribution in [-0.4, -0.2) is 25.1 Å². The Hall–Kier alpha value is -1.55. The summed E-state index contributed by atoms with van der Waals surface area (Å²) in [6, 6.07) is 7.33. The number of nitrogens with two attached hydrogens (primary N) is 1. The fraction of sp³-hybridized carbons (Fsp3) is 0.562. The zero-order valence-corrected chi connectivity index (χ0v) is 12.9. The van der Waals surface area contributed by atoms with E-state index in [0.717, 1.165) is 6.42 Å². The lowest BCUT2D eigenvalue weighted by atomic mass is 9.84. The van der Waals surface area contributed by atoms with Gasteiger partial charge >= 0.3 is 0 Å². The van der Waals surface area contributed by atoms with Crippen LogP contribution in [0.5, 0.6) is 5.75 Å². The summed E-state index contributed by atoms with van der Waals surface area (Å²) in [5.41, 5.74) is 6.18. The molecule has 0 bridgehead atoms. The van der Waals surface area contributed by atoms with E-state index in [1.54, 1.807) is 6.07 Å². The van der Waals surface area contributed by atoms with Gasteiger partial charge in [0.25, 0.3) is 5.91 Å². The Morgan fingerprint density at radius 1 is 1.35 bits per heavy atom. The zero-order valence-electron chi connectivity index (χ0n) is 12.9. The van der Waals surface area contributed by atoms with Crippen molar-refractivity contribution >= 4 is 5.91 Å². The minimum Gasteiger partial charge on any atom is -0.493 e. The maximum Gasteiger partial charge on any atom is 0.255 e. The van der Waals surface area contributed by atoms with Gasteiger partial charge in [-0.05, 0) is 37.4 Å². The molecule has 1 aromatic rings. The molecule has 1 atom stereocenters. The van der Waals surface area contributed by atoms with Crippen molar-refractivity contribution in [3.63, 3.8) is 0 Å². The predicted octanol–water partition coefficient (Wildman–Crippen LogP) is 2.58. The largest absolute Gasteiger partial charge is 0.493 e. The first-order valence-electron chi connectivity index (χ1n) is 7.13. The van der Waals surface area contributed by atoms with Crippen molar-refractivity contribution in [1.29, 1.82) is 0 Å². The fourth-order valence-electron chi connectivity index (χ4n) is 2.06. The van der Waals surface area contributed by atoms with Crippen molar-refractivity contribution in [2.45, 2.75) is 40.2 Å². The number of para-hydroxylation sites is 1. The first-order chi connectivity index (χ1) is 9.40. The molecule has 0 saturated heterocycles. The summed E-state index contributed by atoms with van der Waals surface area (Å²) in [5.74, 6) is 0.510. The van der Waals surface area contributed by atoms with Crippen molar-refractivity contribution in [1.82, 2.24) is 5.32 Å². The van der Waals surface area contributed by atoms with Crippen LogP contribution in [0.15, 0.2) is 24.3 Å². The minimum atomic E-state index is -0.109. The van der Waals surface area contributed by atoms with Crippen LogP contribution in [0.3, 0.4) is 0 Å². The summed E-state index contributed by atoms with van der Waals surface area (Å²) in [6.45, 7) is 9.29. The van der Waals surface area contributed by atoms with E-state index < -0.39 is 0 Å². The molecule has 1 amide bonds. The molecule has 0 aliphatic rings. The van der Waals surface area contributed by atoms with Gasteiger partial charge in [0.05, 0.1) is 12.2 Å². The number of nitrogens with one attached hydrogen (secondary N) is 1. The van der Waals surface area contributed by atoms with Crippen molar-refractivity contribution in [2.75, 3.05) is 13.2 Å². The highest BCUT2D eigenvalue weighted by Crippen LogP contribution is 2.23. The van der Waals surface area contributed by atoms with Crippen LogP contribution in [-0.2, 0) is 0 Å². The smallest absolute Gasteiger partial charge is 0.255 e. The maximum atomic E-state index is 12.4. The minimum absolute atomic E-state index is 0.0322. The summed E-state index contributed by atoms with van der Waals surface area (Å²) in [4.78, 5) is 12.4. The van der Waals surface area contributed by atoms with E-state index in [-0.39, 0.29) is 17.4 Å². The number of benzene rings is 1. The first kappa shape index (κ1) is 16.5. The van der Waals surface area contributed by atoms with Gasteiger partial charge in [0.2, 0.25) is 0 Å². The number of carbonyl (C=O) groups is 1. The van der Waals surface area contributed by atoms with Crippen LogP contribution in [0.4, 0.5) is 0 Å². The average Bonchev–Trinajstić information content (AvgIpc) is 2.38. The molecule has 0 radical (unpaired) electrons. The van der Waals surface area contributed by atoms with E-state index >= 15 is 0 Å². The zero-order chi connectivity index (χ0) is 15.2. The number of carbonyl (C=O) groups excluding carboxylic acids is 1. The molecule has 0 spiro atoms. The lowest BCUT2D eigenvalue weighted by molar-refractivity contribution is 0.0895. The highest BCUT2D eigenvalue weighted by Gasteiger charge is 2.26. The number of hydrogen-bond donors (Lipinski definition) is 2. The van der Waals surface area contributed by atoms with Gasteiger partial charge < -0.3 is 15.8 Å². The van der Waals surface area contributed by atoms with E-state index in [4.69, 9.17) is 10.5 Å². The van der Waals surface area contributed by atoms with Gasteiger partial charge in [-0.1, -0.05) is 32.9 Å². The molecular weight excluding hydrogens is 252 g/mol. The number of ether oxygens (including phenoxy) is 1. The molecule has 3 N–H and O–H groups in total. The van der Waals surface area contributed by atoms with Gasteiger partial charge in [0.15, 0.2) is 0 Å². The Kier molecular flexibility index (Phi) is 6.02. The SMILES string of the molecule is CCOc1ccccc1C(=O)NC(CCN)C(C)(C)C. The van der Waals surface area contributed by atoms with Crippen LogP contribution in [0.2, 0.25) is 0 Å². The first-order valence-corrected chi connectivity index (χ1v) is 7.13. The van der Waals surface area contributed by atoms with Gasteiger partial charge in [0, 0.05) is 6.04 Å². The highest BCUT2D eigenvalue weighted by atomic mass is 16.5. The summed E-state index contributed by atoms with van der Waals surface area (Å²) < 4.78 is 5.50. The van der Waals surface area contributed by atoms with Gasteiger partial charge in [-0.15, -0.1) is 0 Å². The van der Waals surface area contributed by atoms with Crippen LogP contribution in [0.25, 0.3) is 0 Å². The Balaban J connectivity index is 2.89. The third-order valence-corrected chi connectivity index (χ3v) is 3.24. The predicted molar refractivity (Wildman–Crippen MR) is 82.0 cm³/mol. The lowest BCUT2D eigenvalue weighted by Crippen LogP contribution is -2.45. The molecule has 0 aliphatic heterocycles. The summed E-state index contributed by atoms with van der Waals surface area (Å²) in [6.07, 6.45) is 0.756. The topological polar surface area (TPSA) is 64.3 Å². The Morgan fingerprint density at radius 2 is 2.00 bits per heavy atom. The van der Waals surface area contributed by atoms with E-state index in [0.29, 0.717) is 24.5 Å². The molecule has 0 fully saturated rings. The molecule has 4 heteroatoms. The molecule has 0 saturated carbocycles. The van der Waals surface area contributed by atoms with E-state index in [9.17, 15) is 4.79 Å². The van der Waals surface area contributed by atoms with Gasteiger partial charge in [0.1, 0.15) is 5.75 Å². The van der Waals surface area contributed by atoms with E-state index in [1.165, 1.54) is 0 Å². The summed E-state index contributed by atoms with van der Waals surface area (Å²) >= 11 is 0. The van der Waals surface area contributed by atoms with E-state index in [2.05, 4.69) is 26.1 Å². The molecule has 4 nitrogen and oxygen atoms in total. The van der Waals surface area contributed by atoms with Gasteiger partial charge in [-0.2, -0.15) is 0 Å². The number of hydrogen-bond acceptors (Lipinski definition) is 3. The van der Waals surface area contributed by atoms with Crippen LogP contribution in [0, 0.1) is 5.41 Å². The van der Waals surface area contributed by atoms with Crippen molar-refractivity contribution in [3.05, 3.63) is 29.8 Å². The Labute approximate surface area is 121 Å². The fourth-order valence-corrected chi connectivity index (χ4v) is 2.06. The monoisotopic (exact) mass is 278 g/mol. The molecule has 0 heterocycles. The highest BCUT2D eigenvalue weighted by molar-refractivity contribution is 5.97. The van der Waals surface area contributed by atoms with Crippen molar-refractivity contribution in [2.24, 2.45) is 11.1 Å². The van der Waals surface area contributed by atoms with Crippen LogP contribution >= 0.6 is 0 Å². The molecule has 0 aromatic heterocycles. The Bertz CT molecular complexity index is 438. The molecular formula is C16H26N2O2. The van der Waals surface area contributed by atoms with Crippen LogP contribution < -0.4 is 15.8 Å². The molecule has 1 aromatic carbocycles. The normalized spacial score (nSPS) is 12.8.